The summed E-state index contributed by atoms with van der Waals surface area (Å²) in [6.07, 6.45) is 0. The largest absolute Gasteiger partial charge is 0.474 e. The van der Waals surface area contributed by atoms with Crippen LogP contribution in [0.2, 0.25) is 5.15 Å². The van der Waals surface area contributed by atoms with Gasteiger partial charge in [-0.25, -0.2) is 0 Å². The normalized spacial score (nSPS) is 11.4. The van der Waals surface area contributed by atoms with Gasteiger partial charge in [0.05, 0.1) is 5.60 Å². The number of rotatable bonds is 3. The van der Waals surface area contributed by atoms with Gasteiger partial charge < -0.3 is 9.84 Å². The predicted molar refractivity (Wildman–Crippen MR) is 48.8 cm³/mol. The smallest absolute Gasteiger partial charge is 0.233 e. The van der Waals surface area contributed by atoms with E-state index in [1.165, 1.54) is 0 Å². The van der Waals surface area contributed by atoms with Crippen LogP contribution in [-0.4, -0.2) is 27.5 Å². The van der Waals surface area contributed by atoms with Gasteiger partial charge >= 0.3 is 0 Å². The average molecular weight is 203 g/mol. The SMILES string of the molecule is CC(C)(O)COc1ccc(Cl)nn1. The lowest BCUT2D eigenvalue weighted by atomic mass is 10.2. The highest BCUT2D eigenvalue weighted by molar-refractivity contribution is 6.29. The standard InChI is InChI=1S/C8H11ClN2O2/c1-8(2,12)5-13-7-4-3-6(9)10-11-7/h3-4,12H,5H2,1-2H3. The molecular formula is C8H11ClN2O2. The van der Waals surface area contributed by atoms with Crippen molar-refractivity contribution in [3.63, 3.8) is 0 Å². The average Bonchev–Trinajstić information content (AvgIpc) is 2.02. The Morgan fingerprint density at radius 2 is 2.15 bits per heavy atom. The van der Waals surface area contributed by atoms with E-state index in [2.05, 4.69) is 10.2 Å². The maximum absolute atomic E-state index is 9.33. The minimum atomic E-state index is -0.874. The van der Waals surface area contributed by atoms with Gasteiger partial charge in [-0.3, -0.25) is 0 Å². The fraction of sp³-hybridized carbons (Fsp3) is 0.500. The number of ether oxygens (including phenoxy) is 1. The van der Waals surface area contributed by atoms with E-state index in [1.54, 1.807) is 26.0 Å². The third-order valence-corrected chi connectivity index (χ3v) is 1.38. The quantitative estimate of drug-likeness (QED) is 0.803. The van der Waals surface area contributed by atoms with Gasteiger partial charge in [0.25, 0.3) is 0 Å². The lowest BCUT2D eigenvalue weighted by molar-refractivity contribution is 0.0265. The first-order valence-corrected chi connectivity index (χ1v) is 4.19. The molecule has 0 aromatic carbocycles. The zero-order valence-electron chi connectivity index (χ0n) is 7.49. The molecule has 0 unspecified atom stereocenters. The fourth-order valence-corrected chi connectivity index (χ4v) is 0.732. The number of nitrogens with zero attached hydrogens (tertiary/aromatic N) is 2. The molecule has 13 heavy (non-hydrogen) atoms. The van der Waals surface area contributed by atoms with Crippen molar-refractivity contribution in [2.24, 2.45) is 0 Å². The first-order valence-electron chi connectivity index (χ1n) is 3.82. The summed E-state index contributed by atoms with van der Waals surface area (Å²) < 4.78 is 5.14. The van der Waals surface area contributed by atoms with E-state index in [4.69, 9.17) is 16.3 Å². The van der Waals surface area contributed by atoms with Gasteiger partial charge in [0, 0.05) is 6.07 Å². The molecule has 0 aliphatic rings. The molecule has 1 rings (SSSR count). The molecule has 0 amide bonds. The van der Waals surface area contributed by atoms with E-state index < -0.39 is 5.60 Å². The molecule has 1 heterocycles. The molecule has 5 heteroatoms. The summed E-state index contributed by atoms with van der Waals surface area (Å²) in [4.78, 5) is 0. The second kappa shape index (κ2) is 3.89. The number of hydrogen-bond donors (Lipinski definition) is 1. The van der Waals surface area contributed by atoms with Gasteiger partial charge in [-0.15, -0.1) is 10.2 Å². The number of halogens is 1. The molecular weight excluding hydrogens is 192 g/mol. The molecule has 0 spiro atoms. The van der Waals surface area contributed by atoms with Crippen molar-refractivity contribution in [1.29, 1.82) is 0 Å². The Balaban J connectivity index is 2.51. The molecule has 0 aliphatic carbocycles. The van der Waals surface area contributed by atoms with Gasteiger partial charge in [0.1, 0.15) is 6.61 Å². The van der Waals surface area contributed by atoms with E-state index in [0.29, 0.717) is 11.0 Å². The predicted octanol–water partition coefficient (Wildman–Crippen LogP) is 1.28. The summed E-state index contributed by atoms with van der Waals surface area (Å²) >= 11 is 5.52. The third-order valence-electron chi connectivity index (χ3n) is 1.18. The van der Waals surface area contributed by atoms with Crippen LogP contribution in [0.5, 0.6) is 5.88 Å². The van der Waals surface area contributed by atoms with Gasteiger partial charge in [-0.1, -0.05) is 11.6 Å². The Morgan fingerprint density at radius 1 is 1.46 bits per heavy atom. The van der Waals surface area contributed by atoms with Crippen molar-refractivity contribution in [3.8, 4) is 5.88 Å². The molecule has 0 saturated carbocycles. The van der Waals surface area contributed by atoms with Gasteiger partial charge in [0.15, 0.2) is 5.15 Å². The van der Waals surface area contributed by atoms with Crippen molar-refractivity contribution in [1.82, 2.24) is 10.2 Å². The molecule has 1 N–H and O–H groups in total. The van der Waals surface area contributed by atoms with Gasteiger partial charge in [-0.2, -0.15) is 0 Å². The van der Waals surface area contributed by atoms with Crippen LogP contribution in [0.25, 0.3) is 0 Å². The van der Waals surface area contributed by atoms with Crippen molar-refractivity contribution in [2.75, 3.05) is 6.61 Å². The second-order valence-electron chi connectivity index (χ2n) is 3.30. The molecule has 0 radical (unpaired) electrons. The van der Waals surface area contributed by atoms with Crippen LogP contribution >= 0.6 is 11.6 Å². The highest BCUT2D eigenvalue weighted by Gasteiger charge is 2.13. The van der Waals surface area contributed by atoms with Gasteiger partial charge in [0.2, 0.25) is 5.88 Å². The van der Waals surface area contributed by atoms with E-state index in [0.717, 1.165) is 0 Å². The number of aromatic nitrogens is 2. The zero-order chi connectivity index (χ0) is 9.90. The van der Waals surface area contributed by atoms with Crippen molar-refractivity contribution in [2.45, 2.75) is 19.4 Å². The number of aliphatic hydroxyl groups is 1. The summed E-state index contributed by atoms with van der Waals surface area (Å²) in [6, 6.07) is 3.18. The van der Waals surface area contributed by atoms with Gasteiger partial charge in [-0.05, 0) is 19.9 Å². The molecule has 0 bridgehead atoms. The van der Waals surface area contributed by atoms with Crippen molar-refractivity contribution >= 4 is 11.6 Å². The summed E-state index contributed by atoms with van der Waals surface area (Å²) in [5.74, 6) is 0.353. The Morgan fingerprint density at radius 3 is 2.62 bits per heavy atom. The van der Waals surface area contributed by atoms with E-state index >= 15 is 0 Å². The molecule has 0 atom stereocenters. The van der Waals surface area contributed by atoms with E-state index in [-0.39, 0.29) is 6.61 Å². The fourth-order valence-electron chi connectivity index (χ4n) is 0.631. The maximum Gasteiger partial charge on any atom is 0.233 e. The Kier molecular flexibility index (Phi) is 3.06. The molecule has 0 saturated heterocycles. The number of hydrogen-bond acceptors (Lipinski definition) is 4. The lowest BCUT2D eigenvalue weighted by Gasteiger charge is -2.16. The van der Waals surface area contributed by atoms with Crippen LogP contribution in [-0.2, 0) is 0 Å². The maximum atomic E-state index is 9.33. The van der Waals surface area contributed by atoms with Crippen LogP contribution < -0.4 is 4.74 Å². The minimum Gasteiger partial charge on any atom is -0.474 e. The van der Waals surface area contributed by atoms with Crippen LogP contribution in [0.1, 0.15) is 13.8 Å². The first kappa shape index (κ1) is 10.2. The Labute approximate surface area is 81.5 Å². The highest BCUT2D eigenvalue weighted by atomic mass is 35.5. The van der Waals surface area contributed by atoms with Crippen LogP contribution in [0.15, 0.2) is 12.1 Å². The molecule has 1 aromatic rings. The van der Waals surface area contributed by atoms with Crippen molar-refractivity contribution < 1.29 is 9.84 Å². The summed E-state index contributed by atoms with van der Waals surface area (Å²) in [6.45, 7) is 3.47. The second-order valence-corrected chi connectivity index (χ2v) is 3.68. The summed E-state index contributed by atoms with van der Waals surface area (Å²) in [7, 11) is 0. The van der Waals surface area contributed by atoms with E-state index in [1.807, 2.05) is 0 Å². The zero-order valence-corrected chi connectivity index (χ0v) is 8.25. The Bertz CT molecular complexity index is 268. The molecule has 72 valence electrons. The minimum absolute atomic E-state index is 0.170. The third kappa shape index (κ3) is 4.05. The Hall–Kier alpha value is -0.870. The first-order chi connectivity index (χ1) is 5.97. The van der Waals surface area contributed by atoms with Crippen LogP contribution in [0, 0.1) is 0 Å². The van der Waals surface area contributed by atoms with Crippen LogP contribution in [0.3, 0.4) is 0 Å². The van der Waals surface area contributed by atoms with Crippen molar-refractivity contribution in [3.05, 3.63) is 17.3 Å². The molecule has 1 aromatic heterocycles. The van der Waals surface area contributed by atoms with Crippen LogP contribution in [0.4, 0.5) is 0 Å². The lowest BCUT2D eigenvalue weighted by Crippen LogP contribution is -2.28. The topological polar surface area (TPSA) is 55.2 Å². The molecule has 4 nitrogen and oxygen atoms in total. The monoisotopic (exact) mass is 202 g/mol. The summed E-state index contributed by atoms with van der Waals surface area (Å²) in [5.41, 5.74) is -0.874. The van der Waals surface area contributed by atoms with E-state index in [9.17, 15) is 5.11 Å². The highest BCUT2D eigenvalue weighted by Crippen LogP contribution is 2.10. The molecule has 0 fully saturated rings. The summed E-state index contributed by atoms with van der Waals surface area (Å²) in [5, 5.41) is 16.9. The molecule has 0 aliphatic heterocycles.